The first-order valence-electron chi connectivity index (χ1n) is 10.5. The van der Waals surface area contributed by atoms with Gasteiger partial charge in [-0.15, -0.1) is 0 Å². The molecule has 3 aliphatic heterocycles. The number of rotatable bonds is 4. The average molecular weight is 419 g/mol. The molecule has 1 saturated carbocycles. The number of hydrogen-bond donors (Lipinski definition) is 3. The monoisotopic (exact) mass is 419 g/mol. The second kappa shape index (κ2) is 6.90. The molecule has 6 rings (SSSR count). The molecule has 31 heavy (non-hydrogen) atoms. The Morgan fingerprint density at radius 2 is 1.87 bits per heavy atom. The minimum Gasteiger partial charge on any atom is -0.394 e. The SMILES string of the molecule is NC1[C@H]2CN(CCO/N=C3/C(=C4/C(=O)Nc5ccc(F)cc54)Nc4ccccc43)C[C@@H]12. The van der Waals surface area contributed by atoms with E-state index in [4.69, 9.17) is 10.6 Å². The molecule has 2 aromatic rings. The van der Waals surface area contributed by atoms with E-state index in [1.807, 2.05) is 24.3 Å². The van der Waals surface area contributed by atoms with E-state index in [2.05, 4.69) is 20.7 Å². The van der Waals surface area contributed by atoms with Crippen LogP contribution in [0.5, 0.6) is 0 Å². The molecule has 3 atom stereocenters. The number of piperidine rings is 1. The van der Waals surface area contributed by atoms with Crippen LogP contribution in [0.4, 0.5) is 15.8 Å². The number of nitrogens with two attached hydrogens (primary N) is 1. The highest BCUT2D eigenvalue weighted by Gasteiger charge is 2.53. The summed E-state index contributed by atoms with van der Waals surface area (Å²) >= 11 is 0. The van der Waals surface area contributed by atoms with E-state index in [0.717, 1.165) is 30.9 Å². The molecule has 0 aromatic heterocycles. The number of fused-ring (bicyclic) bond motifs is 3. The Morgan fingerprint density at radius 3 is 2.71 bits per heavy atom. The van der Waals surface area contributed by atoms with E-state index in [1.165, 1.54) is 12.1 Å². The molecule has 1 amide bonds. The van der Waals surface area contributed by atoms with Crippen LogP contribution in [0.2, 0.25) is 0 Å². The zero-order valence-electron chi connectivity index (χ0n) is 16.8. The van der Waals surface area contributed by atoms with Crippen LogP contribution in [-0.2, 0) is 9.63 Å². The molecule has 1 unspecified atom stereocenters. The highest BCUT2D eigenvalue weighted by atomic mass is 19.1. The molecule has 2 aromatic carbocycles. The maximum Gasteiger partial charge on any atom is 0.258 e. The van der Waals surface area contributed by atoms with Gasteiger partial charge < -0.3 is 21.2 Å². The number of carbonyl (C=O) groups excluding carboxylic acids is 1. The van der Waals surface area contributed by atoms with Gasteiger partial charge >= 0.3 is 0 Å². The molecular formula is C23H22FN5O2. The zero-order chi connectivity index (χ0) is 21.1. The molecule has 3 heterocycles. The summed E-state index contributed by atoms with van der Waals surface area (Å²) in [7, 11) is 0. The van der Waals surface area contributed by atoms with Crippen LogP contribution in [0.1, 0.15) is 11.1 Å². The first-order valence-corrected chi connectivity index (χ1v) is 10.5. The van der Waals surface area contributed by atoms with Gasteiger partial charge in [-0.1, -0.05) is 23.4 Å². The third-order valence-electron chi connectivity index (χ3n) is 6.65. The molecule has 0 bridgehead atoms. The Bertz CT molecular complexity index is 1150. The first-order chi connectivity index (χ1) is 15.1. The van der Waals surface area contributed by atoms with Gasteiger partial charge in [-0.3, -0.25) is 9.69 Å². The van der Waals surface area contributed by atoms with Gasteiger partial charge in [-0.25, -0.2) is 4.39 Å². The highest BCUT2D eigenvalue weighted by molar-refractivity contribution is 6.39. The number of para-hydroxylation sites is 1. The molecule has 2 fully saturated rings. The normalized spacial score (nSPS) is 29.4. The van der Waals surface area contributed by atoms with E-state index in [0.29, 0.717) is 52.7 Å². The van der Waals surface area contributed by atoms with Gasteiger partial charge in [0.15, 0.2) is 0 Å². The average Bonchev–Trinajstić information content (AvgIpc) is 3.15. The van der Waals surface area contributed by atoms with Crippen molar-refractivity contribution in [3.63, 3.8) is 0 Å². The van der Waals surface area contributed by atoms with E-state index in [-0.39, 0.29) is 5.91 Å². The Kier molecular flexibility index (Phi) is 4.12. The topological polar surface area (TPSA) is 92.0 Å². The maximum absolute atomic E-state index is 13.9. The summed E-state index contributed by atoms with van der Waals surface area (Å²) < 4.78 is 13.9. The predicted molar refractivity (Wildman–Crippen MR) is 116 cm³/mol. The Balaban J connectivity index is 1.28. The van der Waals surface area contributed by atoms with Gasteiger partial charge in [0.05, 0.1) is 11.3 Å². The molecule has 0 radical (unpaired) electrons. The van der Waals surface area contributed by atoms with E-state index in [1.54, 1.807) is 6.07 Å². The van der Waals surface area contributed by atoms with Crippen LogP contribution >= 0.6 is 0 Å². The smallest absolute Gasteiger partial charge is 0.258 e. The van der Waals surface area contributed by atoms with Crippen molar-refractivity contribution in [3.05, 3.63) is 65.1 Å². The number of benzene rings is 2. The van der Waals surface area contributed by atoms with Crippen molar-refractivity contribution in [3.8, 4) is 0 Å². The van der Waals surface area contributed by atoms with Gasteiger partial charge in [-0.05, 0) is 36.1 Å². The number of nitrogens with zero attached hydrogens (tertiary/aromatic N) is 2. The number of halogens is 1. The number of amides is 1. The van der Waals surface area contributed by atoms with Crippen LogP contribution in [-0.4, -0.2) is 48.8 Å². The maximum atomic E-state index is 13.9. The van der Waals surface area contributed by atoms with Crippen LogP contribution in [0.3, 0.4) is 0 Å². The molecule has 0 spiro atoms. The van der Waals surface area contributed by atoms with Crippen molar-refractivity contribution in [2.45, 2.75) is 6.04 Å². The summed E-state index contributed by atoms with van der Waals surface area (Å²) in [6.45, 7) is 3.27. The summed E-state index contributed by atoms with van der Waals surface area (Å²) in [6.07, 6.45) is 0. The summed E-state index contributed by atoms with van der Waals surface area (Å²) in [5.74, 6) is 0.572. The number of allylic oxidation sites excluding steroid dienone is 1. The molecule has 1 saturated heterocycles. The lowest BCUT2D eigenvalue weighted by Gasteiger charge is -2.17. The molecule has 4 N–H and O–H groups in total. The molecule has 8 heteroatoms. The molecule has 158 valence electrons. The second-order valence-corrected chi connectivity index (χ2v) is 8.50. The predicted octanol–water partition coefficient (Wildman–Crippen LogP) is 2.22. The van der Waals surface area contributed by atoms with E-state index < -0.39 is 5.82 Å². The fourth-order valence-electron chi connectivity index (χ4n) is 4.91. The number of oxime groups is 1. The fraction of sp³-hybridized carbons (Fsp3) is 0.304. The van der Waals surface area contributed by atoms with Crippen LogP contribution in [0, 0.1) is 17.7 Å². The van der Waals surface area contributed by atoms with Crippen molar-refractivity contribution in [1.82, 2.24) is 4.90 Å². The van der Waals surface area contributed by atoms with Crippen molar-refractivity contribution in [1.29, 1.82) is 0 Å². The molecule has 1 aliphatic carbocycles. The number of carbonyl (C=O) groups is 1. The number of hydrogen-bond acceptors (Lipinski definition) is 6. The minimum absolute atomic E-state index is 0.295. The lowest BCUT2D eigenvalue weighted by molar-refractivity contribution is -0.110. The second-order valence-electron chi connectivity index (χ2n) is 8.50. The van der Waals surface area contributed by atoms with Gasteiger partial charge in [0.25, 0.3) is 5.91 Å². The number of anilines is 2. The van der Waals surface area contributed by atoms with Crippen molar-refractivity contribution >= 4 is 28.6 Å². The van der Waals surface area contributed by atoms with Crippen LogP contribution in [0.15, 0.2) is 53.3 Å². The third kappa shape index (κ3) is 3.02. The highest BCUT2D eigenvalue weighted by Crippen LogP contribution is 2.43. The summed E-state index contributed by atoms with van der Waals surface area (Å²) in [5, 5.41) is 10.5. The quantitative estimate of drug-likeness (QED) is 0.402. The summed E-state index contributed by atoms with van der Waals surface area (Å²) in [4.78, 5) is 20.8. The largest absolute Gasteiger partial charge is 0.394 e. The Labute approximate surface area is 178 Å². The molecular weight excluding hydrogens is 397 g/mol. The number of nitrogens with one attached hydrogen (secondary N) is 2. The first kappa shape index (κ1) is 18.5. The van der Waals surface area contributed by atoms with Crippen molar-refractivity contribution in [2.75, 3.05) is 36.9 Å². The van der Waals surface area contributed by atoms with Gasteiger partial charge in [0.1, 0.15) is 18.1 Å². The number of likely N-dealkylation sites (tertiary alicyclic amines) is 1. The van der Waals surface area contributed by atoms with E-state index >= 15 is 0 Å². The van der Waals surface area contributed by atoms with Crippen LogP contribution < -0.4 is 16.4 Å². The summed E-state index contributed by atoms with van der Waals surface area (Å²) in [5.41, 5.74) is 10.2. The fourth-order valence-corrected chi connectivity index (χ4v) is 4.91. The van der Waals surface area contributed by atoms with Crippen molar-refractivity contribution < 1.29 is 14.0 Å². The minimum atomic E-state index is -0.401. The van der Waals surface area contributed by atoms with Crippen molar-refractivity contribution in [2.24, 2.45) is 22.7 Å². The summed E-state index contributed by atoms with van der Waals surface area (Å²) in [6, 6.07) is 12.3. The third-order valence-corrected chi connectivity index (χ3v) is 6.65. The van der Waals surface area contributed by atoms with Gasteiger partial charge in [-0.2, -0.15) is 0 Å². The van der Waals surface area contributed by atoms with E-state index in [9.17, 15) is 9.18 Å². The molecule has 4 aliphatic rings. The van der Waals surface area contributed by atoms with Gasteiger partial charge in [0.2, 0.25) is 0 Å². The lowest BCUT2D eigenvalue weighted by Crippen LogP contribution is -2.30. The molecule has 7 nitrogen and oxygen atoms in total. The lowest BCUT2D eigenvalue weighted by atomic mass is 10.0. The Hall–Kier alpha value is -3.23. The standard InChI is InChI=1S/C23H22FN5O2/c24-12-5-6-18-14(9-12)19(23(30)27-18)22-21(13-3-1-2-4-17(13)26-22)28-31-8-7-29-10-15-16(11-29)20(15)25/h1-6,9,15-16,20,26H,7-8,10-11,25H2,(H,27,30)/b22-19-,28-21+/t15-,16+,20?. The Morgan fingerprint density at radius 1 is 1.10 bits per heavy atom. The zero-order valence-corrected chi connectivity index (χ0v) is 16.8. The van der Waals surface area contributed by atoms with Crippen LogP contribution in [0.25, 0.3) is 5.57 Å². The van der Waals surface area contributed by atoms with Gasteiger partial charge in [0, 0.05) is 48.2 Å².